The molecule has 2 aromatic rings. The number of unbranched alkanes of at least 4 members (excludes halogenated alkanes) is 1. The van der Waals surface area contributed by atoms with Crippen LogP contribution in [0.1, 0.15) is 41.7 Å². The molecule has 2 heterocycles. The average molecular weight is 307 g/mol. The summed E-state index contributed by atoms with van der Waals surface area (Å²) in [4.78, 5) is 10.0. The van der Waals surface area contributed by atoms with E-state index >= 15 is 0 Å². The van der Waals surface area contributed by atoms with Crippen LogP contribution < -0.4 is 10.3 Å². The molecule has 0 aliphatic rings. The zero-order valence-electron chi connectivity index (χ0n) is 12.7. The van der Waals surface area contributed by atoms with Crippen LogP contribution in [-0.4, -0.2) is 21.7 Å². The van der Waals surface area contributed by atoms with Crippen molar-refractivity contribution in [3.63, 3.8) is 0 Å². The van der Waals surface area contributed by atoms with Crippen molar-refractivity contribution < 1.29 is 9.67 Å². The van der Waals surface area contributed by atoms with Crippen molar-refractivity contribution >= 4 is 17.2 Å². The Morgan fingerprint density at radius 1 is 1.38 bits per heavy atom. The zero-order chi connectivity index (χ0) is 15.2. The van der Waals surface area contributed by atoms with Crippen molar-refractivity contribution in [2.75, 3.05) is 12.3 Å². The predicted molar refractivity (Wildman–Crippen MR) is 84.2 cm³/mol. The zero-order valence-corrected chi connectivity index (χ0v) is 13.5. The number of aliphatic hydroxyl groups is 1. The van der Waals surface area contributed by atoms with E-state index in [4.69, 9.17) is 10.8 Å². The number of nitrogen functional groups attached to an aromatic ring is 1. The van der Waals surface area contributed by atoms with Gasteiger partial charge >= 0.3 is 0 Å². The number of aliphatic hydroxyl groups excluding tert-OH is 1. The van der Waals surface area contributed by atoms with E-state index in [1.165, 1.54) is 10.6 Å². The number of hydrogen-bond acceptors (Lipinski definition) is 5. The maximum atomic E-state index is 9.05. The summed E-state index contributed by atoms with van der Waals surface area (Å²) < 4.78 is 2.14. The van der Waals surface area contributed by atoms with E-state index in [-0.39, 0.29) is 6.61 Å². The van der Waals surface area contributed by atoms with E-state index < -0.39 is 0 Å². The highest BCUT2D eigenvalue weighted by Gasteiger charge is 2.17. The fourth-order valence-corrected chi connectivity index (χ4v) is 3.15. The Labute approximate surface area is 129 Å². The monoisotopic (exact) mass is 307 g/mol. The lowest BCUT2D eigenvalue weighted by Crippen LogP contribution is -2.35. The predicted octanol–water partition coefficient (Wildman–Crippen LogP) is 1.64. The molecule has 21 heavy (non-hydrogen) atoms. The molecule has 6 heteroatoms. The minimum absolute atomic E-state index is 0.179. The van der Waals surface area contributed by atoms with Crippen LogP contribution in [-0.2, 0) is 19.4 Å². The van der Waals surface area contributed by atoms with Gasteiger partial charge in [-0.05, 0) is 6.42 Å². The summed E-state index contributed by atoms with van der Waals surface area (Å²) in [6.45, 7) is 5.07. The summed E-state index contributed by atoms with van der Waals surface area (Å²) in [5.74, 6) is 1.39. The number of thiazole rings is 1. The maximum absolute atomic E-state index is 9.05. The van der Waals surface area contributed by atoms with E-state index in [2.05, 4.69) is 33.9 Å². The topological polar surface area (TPSA) is 75.9 Å². The van der Waals surface area contributed by atoms with Crippen molar-refractivity contribution in [1.29, 1.82) is 0 Å². The minimum atomic E-state index is 0.179. The third-order valence-electron chi connectivity index (χ3n) is 3.54. The van der Waals surface area contributed by atoms with Crippen molar-refractivity contribution in [3.05, 3.63) is 33.7 Å². The first-order chi connectivity index (χ1) is 10.2. The third kappa shape index (κ3) is 3.98. The Morgan fingerprint density at radius 2 is 2.19 bits per heavy atom. The molecule has 0 fully saturated rings. The van der Waals surface area contributed by atoms with Crippen LogP contribution in [0.4, 0.5) is 5.82 Å². The molecule has 0 saturated carbocycles. The molecule has 0 aliphatic carbocycles. The summed E-state index contributed by atoms with van der Waals surface area (Å²) in [7, 11) is 0. The number of hydrogen-bond donors (Lipinski definition) is 2. The number of rotatable bonds is 7. The van der Waals surface area contributed by atoms with Gasteiger partial charge in [-0.2, -0.15) is 4.57 Å². The van der Waals surface area contributed by atoms with Crippen molar-refractivity contribution in [1.82, 2.24) is 9.97 Å². The maximum Gasteiger partial charge on any atom is 0.225 e. The summed E-state index contributed by atoms with van der Waals surface area (Å²) in [6, 6.07) is 0. The Morgan fingerprint density at radius 3 is 2.86 bits per heavy atom. The molecule has 114 valence electrons. The van der Waals surface area contributed by atoms with Gasteiger partial charge in [0.1, 0.15) is 11.6 Å². The lowest BCUT2D eigenvalue weighted by molar-refractivity contribution is -0.689. The Hall–Kier alpha value is -1.53. The van der Waals surface area contributed by atoms with Gasteiger partial charge in [-0.25, -0.2) is 9.97 Å². The second-order valence-corrected chi connectivity index (χ2v) is 6.07. The Kier molecular flexibility index (Phi) is 5.64. The first kappa shape index (κ1) is 15.9. The summed E-state index contributed by atoms with van der Waals surface area (Å²) in [5.41, 5.74) is 10.2. The summed E-state index contributed by atoms with van der Waals surface area (Å²) in [5, 5.41) is 9.05. The van der Waals surface area contributed by atoms with E-state index in [9.17, 15) is 0 Å². The van der Waals surface area contributed by atoms with Gasteiger partial charge in [0.25, 0.3) is 0 Å². The SMILES string of the molecule is CCCCc1ncc(C[n+]2csc(CCO)c2C)c(N)n1. The highest BCUT2D eigenvalue weighted by Crippen LogP contribution is 2.14. The molecular formula is C15H23N4OS+. The third-order valence-corrected chi connectivity index (χ3v) is 4.68. The number of aromatic nitrogens is 3. The standard InChI is InChI=1S/C15H23N4OS/c1-3-4-5-14-17-8-12(15(16)18-14)9-19-10-21-13(6-7-20)11(19)2/h8,10,20H,3-7,9H2,1-2H3,(H2,16,17,18)/q+1. The van der Waals surface area contributed by atoms with E-state index in [0.717, 1.165) is 30.7 Å². The lowest BCUT2D eigenvalue weighted by Gasteiger charge is -2.04. The second kappa shape index (κ2) is 7.47. The van der Waals surface area contributed by atoms with Gasteiger partial charge in [0.05, 0.1) is 10.4 Å². The molecule has 2 aromatic heterocycles. The Balaban J connectivity index is 2.12. The molecule has 0 aromatic carbocycles. The van der Waals surface area contributed by atoms with Crippen molar-refractivity contribution in [2.24, 2.45) is 0 Å². The van der Waals surface area contributed by atoms with Crippen LogP contribution in [0, 0.1) is 6.92 Å². The van der Waals surface area contributed by atoms with Gasteiger partial charge in [0.15, 0.2) is 12.2 Å². The average Bonchev–Trinajstić information content (AvgIpc) is 2.81. The fourth-order valence-electron chi connectivity index (χ4n) is 2.17. The number of aryl methyl sites for hydroxylation is 1. The molecule has 0 atom stereocenters. The van der Waals surface area contributed by atoms with Crippen molar-refractivity contribution in [3.8, 4) is 0 Å². The molecule has 0 unspecified atom stereocenters. The summed E-state index contributed by atoms with van der Waals surface area (Å²) >= 11 is 1.66. The van der Waals surface area contributed by atoms with Gasteiger partial charge in [-0.3, -0.25) is 0 Å². The molecular weight excluding hydrogens is 284 g/mol. The molecule has 0 saturated heterocycles. The second-order valence-electron chi connectivity index (χ2n) is 5.13. The molecule has 3 N–H and O–H groups in total. The number of nitrogens with zero attached hydrogens (tertiary/aromatic N) is 3. The van der Waals surface area contributed by atoms with Crippen molar-refractivity contribution in [2.45, 2.75) is 46.1 Å². The fraction of sp³-hybridized carbons (Fsp3) is 0.533. The van der Waals surface area contributed by atoms with Crippen LogP contribution in [0.3, 0.4) is 0 Å². The van der Waals surface area contributed by atoms with Crippen LogP contribution in [0.5, 0.6) is 0 Å². The first-order valence-corrected chi connectivity index (χ1v) is 8.21. The summed E-state index contributed by atoms with van der Waals surface area (Å²) in [6.07, 6.45) is 5.63. The lowest BCUT2D eigenvalue weighted by atomic mass is 10.2. The Bertz CT molecular complexity index is 597. The number of nitrogens with two attached hydrogens (primary N) is 1. The van der Waals surface area contributed by atoms with Gasteiger partial charge in [0.2, 0.25) is 5.51 Å². The van der Waals surface area contributed by atoms with Gasteiger partial charge < -0.3 is 10.8 Å². The smallest absolute Gasteiger partial charge is 0.225 e. The van der Waals surface area contributed by atoms with E-state index in [0.29, 0.717) is 18.8 Å². The van der Waals surface area contributed by atoms with Gasteiger partial charge in [-0.15, -0.1) is 0 Å². The number of anilines is 1. The van der Waals surface area contributed by atoms with E-state index in [1.54, 1.807) is 11.3 Å². The van der Waals surface area contributed by atoms with Crippen LogP contribution in [0.15, 0.2) is 11.7 Å². The molecule has 0 amide bonds. The van der Waals surface area contributed by atoms with Crippen LogP contribution >= 0.6 is 11.3 Å². The molecule has 0 aliphatic heterocycles. The molecule has 5 nitrogen and oxygen atoms in total. The largest absolute Gasteiger partial charge is 0.396 e. The van der Waals surface area contributed by atoms with Gasteiger partial charge in [0, 0.05) is 32.6 Å². The normalized spacial score (nSPS) is 11.0. The highest BCUT2D eigenvalue weighted by atomic mass is 32.1. The first-order valence-electron chi connectivity index (χ1n) is 7.33. The highest BCUT2D eigenvalue weighted by molar-refractivity contribution is 7.09. The van der Waals surface area contributed by atoms with Crippen LogP contribution in [0.25, 0.3) is 0 Å². The van der Waals surface area contributed by atoms with Gasteiger partial charge in [-0.1, -0.05) is 24.7 Å². The quantitative estimate of drug-likeness (QED) is 0.763. The van der Waals surface area contributed by atoms with E-state index in [1.807, 2.05) is 6.20 Å². The molecule has 0 bridgehead atoms. The molecule has 0 spiro atoms. The molecule has 0 radical (unpaired) electrons. The van der Waals surface area contributed by atoms with Crippen LogP contribution in [0.2, 0.25) is 0 Å². The molecule has 2 rings (SSSR count). The minimum Gasteiger partial charge on any atom is -0.396 e.